The van der Waals surface area contributed by atoms with Crippen LogP contribution in [0.2, 0.25) is 0 Å². The van der Waals surface area contributed by atoms with Gasteiger partial charge >= 0.3 is 0 Å². The van der Waals surface area contributed by atoms with E-state index in [1.165, 1.54) is 6.07 Å². The number of nitrogens with one attached hydrogen (secondary N) is 1. The van der Waals surface area contributed by atoms with Crippen LogP contribution < -0.4 is 5.32 Å². The lowest BCUT2D eigenvalue weighted by Gasteiger charge is -2.10. The highest BCUT2D eigenvalue weighted by molar-refractivity contribution is 6.15. The van der Waals surface area contributed by atoms with Gasteiger partial charge in [0.25, 0.3) is 5.91 Å². The van der Waals surface area contributed by atoms with Gasteiger partial charge in [-0.15, -0.1) is 0 Å². The molecule has 0 atom stereocenters. The zero-order chi connectivity index (χ0) is 18.1. The number of furan rings is 1. The predicted molar refractivity (Wildman–Crippen MR) is 96.1 cm³/mol. The number of nitrogens with zero attached hydrogens (tertiary/aromatic N) is 3. The Morgan fingerprint density at radius 1 is 1.27 bits per heavy atom. The Kier molecular flexibility index (Phi) is 3.82. The van der Waals surface area contributed by atoms with Crippen molar-refractivity contribution < 1.29 is 9.21 Å². The van der Waals surface area contributed by atoms with Crippen LogP contribution in [-0.4, -0.2) is 16.6 Å². The summed E-state index contributed by atoms with van der Waals surface area (Å²) in [6, 6.07) is 12.7. The number of carbonyl (C=O) groups is 1. The number of pyridine rings is 1. The van der Waals surface area contributed by atoms with E-state index in [1.807, 2.05) is 30.3 Å². The molecule has 0 aliphatic carbocycles. The lowest BCUT2D eigenvalue weighted by Crippen LogP contribution is -2.15. The van der Waals surface area contributed by atoms with Crippen LogP contribution in [0.25, 0.3) is 0 Å². The van der Waals surface area contributed by atoms with Crippen molar-refractivity contribution >= 4 is 17.3 Å². The smallest absolute Gasteiger partial charge is 0.257 e. The van der Waals surface area contributed by atoms with Crippen LogP contribution in [0.5, 0.6) is 0 Å². The number of aliphatic imine (C=N–C) groups is 1. The first-order chi connectivity index (χ1) is 12.7. The molecule has 1 amide bonds. The van der Waals surface area contributed by atoms with Gasteiger partial charge in [-0.25, -0.2) is 4.98 Å². The molecule has 1 N–H and O–H groups in total. The summed E-state index contributed by atoms with van der Waals surface area (Å²) < 4.78 is 5.15. The number of rotatable bonds is 3. The van der Waals surface area contributed by atoms with Crippen LogP contribution in [0, 0.1) is 18.3 Å². The number of fused-ring (bicyclic) bond motifs is 1. The molecular weight excluding hydrogens is 328 g/mol. The largest absolute Gasteiger partial charge is 0.472 e. The third-order valence-corrected chi connectivity index (χ3v) is 4.27. The summed E-state index contributed by atoms with van der Waals surface area (Å²) >= 11 is 0. The Morgan fingerprint density at radius 3 is 2.88 bits per heavy atom. The fourth-order valence-corrected chi connectivity index (χ4v) is 2.97. The van der Waals surface area contributed by atoms with Gasteiger partial charge in [0.2, 0.25) is 0 Å². The van der Waals surface area contributed by atoms with Crippen LogP contribution in [-0.2, 0) is 6.54 Å². The number of carbonyl (C=O) groups excluding carboxylic acids is 1. The van der Waals surface area contributed by atoms with Gasteiger partial charge in [0, 0.05) is 16.8 Å². The van der Waals surface area contributed by atoms with E-state index in [2.05, 4.69) is 15.3 Å². The predicted octanol–water partition coefficient (Wildman–Crippen LogP) is 3.46. The molecule has 0 fully saturated rings. The first kappa shape index (κ1) is 15.8. The summed E-state index contributed by atoms with van der Waals surface area (Å²) in [5.41, 5.74) is 5.79. The number of aromatic nitrogens is 1. The minimum Gasteiger partial charge on any atom is -0.472 e. The van der Waals surface area contributed by atoms with Gasteiger partial charge < -0.3 is 9.73 Å². The SMILES string of the molecule is Cc1nc(C#N)ccc1C(=O)Nc1ccc2c(c1)C(c1ccoc1)=NC2. The van der Waals surface area contributed by atoms with E-state index in [0.717, 1.165) is 22.4 Å². The maximum atomic E-state index is 12.6. The van der Waals surface area contributed by atoms with Crippen molar-refractivity contribution in [3.63, 3.8) is 0 Å². The molecule has 0 unspecified atom stereocenters. The Hall–Kier alpha value is -3.72. The van der Waals surface area contributed by atoms with E-state index in [9.17, 15) is 4.79 Å². The molecule has 3 heterocycles. The molecule has 6 heteroatoms. The molecule has 1 aromatic carbocycles. The van der Waals surface area contributed by atoms with Gasteiger partial charge in [-0.1, -0.05) is 6.07 Å². The first-order valence-corrected chi connectivity index (χ1v) is 8.05. The summed E-state index contributed by atoms with van der Waals surface area (Å²) in [5.74, 6) is -0.265. The Balaban J connectivity index is 1.61. The summed E-state index contributed by atoms with van der Waals surface area (Å²) in [6.45, 7) is 2.32. The normalized spacial score (nSPS) is 12.2. The van der Waals surface area contributed by atoms with Crippen molar-refractivity contribution in [3.8, 4) is 6.07 Å². The maximum absolute atomic E-state index is 12.6. The standard InChI is InChI=1S/C20H14N4O2/c1-12-17(5-4-16(9-21)23-12)20(25)24-15-3-2-13-10-22-19(18(13)8-15)14-6-7-26-11-14/h2-8,11H,10H2,1H3,(H,24,25). The molecule has 4 rings (SSSR count). The van der Waals surface area contributed by atoms with Crippen LogP contribution in [0.15, 0.2) is 58.3 Å². The fourth-order valence-electron chi connectivity index (χ4n) is 2.97. The molecule has 1 aliphatic rings. The highest BCUT2D eigenvalue weighted by Crippen LogP contribution is 2.26. The summed E-state index contributed by atoms with van der Waals surface area (Å²) in [7, 11) is 0. The number of benzene rings is 1. The van der Waals surface area contributed by atoms with E-state index in [4.69, 9.17) is 9.68 Å². The van der Waals surface area contributed by atoms with Crippen LogP contribution >= 0.6 is 0 Å². The molecule has 26 heavy (non-hydrogen) atoms. The number of nitriles is 1. The zero-order valence-corrected chi connectivity index (χ0v) is 14.0. The Labute approximate surface area is 149 Å². The number of hydrogen-bond donors (Lipinski definition) is 1. The van der Waals surface area contributed by atoms with E-state index >= 15 is 0 Å². The number of amides is 1. The van der Waals surface area contributed by atoms with Gasteiger partial charge in [-0.3, -0.25) is 9.79 Å². The highest BCUT2D eigenvalue weighted by Gasteiger charge is 2.19. The number of anilines is 1. The quantitative estimate of drug-likeness (QED) is 0.789. The van der Waals surface area contributed by atoms with Crippen molar-refractivity contribution in [1.82, 2.24) is 4.98 Å². The van der Waals surface area contributed by atoms with E-state index < -0.39 is 0 Å². The second kappa shape index (κ2) is 6.30. The molecule has 3 aromatic rings. The summed E-state index contributed by atoms with van der Waals surface area (Å²) in [5, 5.41) is 11.8. The fraction of sp³-hybridized carbons (Fsp3) is 0.100. The topological polar surface area (TPSA) is 91.3 Å². The second-order valence-corrected chi connectivity index (χ2v) is 5.94. The molecule has 126 valence electrons. The van der Waals surface area contributed by atoms with Crippen molar-refractivity contribution in [3.05, 3.63) is 82.6 Å². The van der Waals surface area contributed by atoms with E-state index in [1.54, 1.807) is 25.5 Å². The first-order valence-electron chi connectivity index (χ1n) is 8.05. The van der Waals surface area contributed by atoms with E-state index in [0.29, 0.717) is 23.5 Å². The molecule has 1 aliphatic heterocycles. The van der Waals surface area contributed by atoms with Gasteiger partial charge in [-0.05, 0) is 42.8 Å². The molecule has 0 saturated carbocycles. The Morgan fingerprint density at radius 2 is 2.15 bits per heavy atom. The summed E-state index contributed by atoms with van der Waals surface area (Å²) in [6.07, 6.45) is 3.27. The maximum Gasteiger partial charge on any atom is 0.257 e. The van der Waals surface area contributed by atoms with Crippen molar-refractivity contribution in [2.45, 2.75) is 13.5 Å². The van der Waals surface area contributed by atoms with Crippen LogP contribution in [0.3, 0.4) is 0 Å². The summed E-state index contributed by atoms with van der Waals surface area (Å²) in [4.78, 5) is 21.2. The average molecular weight is 342 g/mol. The number of aryl methyl sites for hydroxylation is 1. The second-order valence-electron chi connectivity index (χ2n) is 5.94. The Bertz CT molecular complexity index is 1080. The zero-order valence-electron chi connectivity index (χ0n) is 14.0. The number of hydrogen-bond acceptors (Lipinski definition) is 5. The lowest BCUT2D eigenvalue weighted by molar-refractivity contribution is 0.102. The van der Waals surface area contributed by atoms with Crippen molar-refractivity contribution in [1.29, 1.82) is 5.26 Å². The van der Waals surface area contributed by atoms with Gasteiger partial charge in [-0.2, -0.15) is 5.26 Å². The molecule has 2 aromatic heterocycles. The molecular formula is C20H14N4O2. The van der Waals surface area contributed by atoms with Gasteiger partial charge in [0.05, 0.1) is 36.0 Å². The minimum absolute atomic E-state index is 0.265. The molecule has 0 spiro atoms. The third kappa shape index (κ3) is 2.76. The highest BCUT2D eigenvalue weighted by atomic mass is 16.3. The van der Waals surface area contributed by atoms with Crippen LogP contribution in [0.1, 0.15) is 38.4 Å². The minimum atomic E-state index is -0.265. The van der Waals surface area contributed by atoms with Gasteiger partial charge in [0.1, 0.15) is 11.8 Å². The molecule has 0 saturated heterocycles. The molecule has 0 bridgehead atoms. The third-order valence-electron chi connectivity index (χ3n) is 4.27. The average Bonchev–Trinajstić information content (AvgIpc) is 3.30. The van der Waals surface area contributed by atoms with Crippen molar-refractivity contribution in [2.75, 3.05) is 5.32 Å². The van der Waals surface area contributed by atoms with Gasteiger partial charge in [0.15, 0.2) is 0 Å². The lowest BCUT2D eigenvalue weighted by atomic mass is 10.0. The van der Waals surface area contributed by atoms with Crippen molar-refractivity contribution in [2.24, 2.45) is 4.99 Å². The monoisotopic (exact) mass is 342 g/mol. The molecule has 6 nitrogen and oxygen atoms in total. The van der Waals surface area contributed by atoms with Crippen LogP contribution in [0.4, 0.5) is 5.69 Å². The van der Waals surface area contributed by atoms with E-state index in [-0.39, 0.29) is 11.6 Å². The molecule has 0 radical (unpaired) electrons.